The highest BCUT2D eigenvalue weighted by Gasteiger charge is 2.14. The summed E-state index contributed by atoms with van der Waals surface area (Å²) in [6.45, 7) is 0.377. The monoisotopic (exact) mass is 398 g/mol. The van der Waals surface area contributed by atoms with Crippen molar-refractivity contribution in [2.24, 2.45) is 7.05 Å². The molecule has 4 rings (SSSR count). The maximum Gasteiger partial charge on any atom is 0.262 e. The summed E-state index contributed by atoms with van der Waals surface area (Å²) in [5.41, 5.74) is 1.91. The highest BCUT2D eigenvalue weighted by molar-refractivity contribution is 7.92. The summed E-state index contributed by atoms with van der Waals surface area (Å²) in [6, 6.07) is 14.2. The molecule has 9 nitrogen and oxygen atoms in total. The summed E-state index contributed by atoms with van der Waals surface area (Å²) >= 11 is 0. The third-order valence-corrected chi connectivity index (χ3v) is 4.94. The highest BCUT2D eigenvalue weighted by Crippen LogP contribution is 2.17. The maximum atomic E-state index is 12.5. The molecule has 4 aromatic rings. The van der Waals surface area contributed by atoms with Gasteiger partial charge in [0.1, 0.15) is 0 Å². The lowest BCUT2D eigenvalue weighted by Crippen LogP contribution is -2.20. The van der Waals surface area contributed by atoms with Crippen molar-refractivity contribution in [1.82, 2.24) is 19.2 Å². The molecule has 0 aliphatic carbocycles. The normalized spacial score (nSPS) is 11.8. The number of nitrogens with one attached hydrogen (secondary N) is 2. The Hall–Kier alpha value is -3.40. The van der Waals surface area contributed by atoms with E-state index in [1.807, 2.05) is 22.6 Å². The number of para-hydroxylation sites is 1. The van der Waals surface area contributed by atoms with Crippen LogP contribution >= 0.6 is 0 Å². The molecule has 2 heterocycles. The molecule has 0 bridgehead atoms. The minimum atomic E-state index is -3.31. The van der Waals surface area contributed by atoms with Crippen molar-refractivity contribution < 1.29 is 8.42 Å². The number of fused-ring (bicyclic) bond motifs is 3. The zero-order valence-corrected chi connectivity index (χ0v) is 16.1. The molecular formula is C18H18N6O3S. The van der Waals surface area contributed by atoms with Crippen molar-refractivity contribution >= 4 is 38.1 Å². The fourth-order valence-electron chi connectivity index (χ4n) is 3.06. The van der Waals surface area contributed by atoms with E-state index in [4.69, 9.17) is 0 Å². The van der Waals surface area contributed by atoms with E-state index in [0.29, 0.717) is 29.2 Å². The third-order valence-electron chi connectivity index (χ3n) is 4.33. The van der Waals surface area contributed by atoms with E-state index in [1.54, 1.807) is 37.4 Å². The lowest BCUT2D eigenvalue weighted by Gasteiger charge is -2.10. The van der Waals surface area contributed by atoms with E-state index in [-0.39, 0.29) is 5.56 Å². The van der Waals surface area contributed by atoms with E-state index in [1.165, 1.54) is 4.57 Å². The van der Waals surface area contributed by atoms with Crippen LogP contribution in [0, 0.1) is 0 Å². The number of aromatic nitrogens is 4. The van der Waals surface area contributed by atoms with Gasteiger partial charge in [-0.3, -0.25) is 18.5 Å². The summed E-state index contributed by atoms with van der Waals surface area (Å²) < 4.78 is 28.3. The summed E-state index contributed by atoms with van der Waals surface area (Å²) in [5, 5.41) is 12.2. The van der Waals surface area contributed by atoms with Gasteiger partial charge in [0.2, 0.25) is 15.8 Å². The van der Waals surface area contributed by atoms with Gasteiger partial charge < -0.3 is 5.32 Å². The number of sulfonamides is 1. The first kappa shape index (κ1) is 18.0. The number of anilines is 2. The van der Waals surface area contributed by atoms with E-state index in [0.717, 1.165) is 17.5 Å². The zero-order chi connectivity index (χ0) is 19.9. The van der Waals surface area contributed by atoms with Crippen molar-refractivity contribution in [2.45, 2.75) is 6.54 Å². The van der Waals surface area contributed by atoms with E-state index in [9.17, 15) is 13.2 Å². The molecule has 0 aliphatic rings. The largest absolute Gasteiger partial charge is 0.378 e. The Kier molecular flexibility index (Phi) is 4.27. The van der Waals surface area contributed by atoms with Gasteiger partial charge in [0, 0.05) is 18.4 Å². The number of hydrogen-bond acceptors (Lipinski definition) is 6. The molecule has 0 unspecified atom stereocenters. The van der Waals surface area contributed by atoms with Crippen molar-refractivity contribution in [3.05, 3.63) is 64.7 Å². The van der Waals surface area contributed by atoms with E-state index < -0.39 is 10.0 Å². The van der Waals surface area contributed by atoms with Crippen LogP contribution in [0.15, 0.2) is 53.3 Å². The Morgan fingerprint density at radius 1 is 1.00 bits per heavy atom. The highest BCUT2D eigenvalue weighted by atomic mass is 32.2. The molecular weight excluding hydrogens is 380 g/mol. The van der Waals surface area contributed by atoms with Gasteiger partial charge in [0.05, 0.1) is 23.7 Å². The minimum absolute atomic E-state index is 0.121. The van der Waals surface area contributed by atoms with Crippen molar-refractivity contribution in [2.75, 3.05) is 16.3 Å². The van der Waals surface area contributed by atoms with Crippen LogP contribution in [0.3, 0.4) is 0 Å². The van der Waals surface area contributed by atoms with Gasteiger partial charge >= 0.3 is 0 Å². The molecule has 0 atom stereocenters. The summed E-state index contributed by atoms with van der Waals surface area (Å²) in [6.07, 6.45) is 1.10. The standard InChI is InChI=1S/C18H18N6O3S/c1-23-17(25)14-5-3-4-6-15(14)24-16(20-21-18(23)24)11-19-12-7-9-13(10-8-12)22-28(2,26)27/h3-10,19,22H,11H2,1-2H3. The molecule has 2 aromatic heterocycles. The first-order valence-corrected chi connectivity index (χ1v) is 10.4. The van der Waals surface area contributed by atoms with E-state index in [2.05, 4.69) is 20.2 Å². The molecule has 0 saturated carbocycles. The molecule has 0 amide bonds. The first-order chi connectivity index (χ1) is 13.3. The Morgan fingerprint density at radius 3 is 2.39 bits per heavy atom. The number of nitrogens with zero attached hydrogens (tertiary/aromatic N) is 4. The molecule has 2 N–H and O–H groups in total. The maximum absolute atomic E-state index is 12.5. The van der Waals surface area contributed by atoms with Crippen LogP contribution in [0.2, 0.25) is 0 Å². The minimum Gasteiger partial charge on any atom is -0.378 e. The number of hydrogen-bond donors (Lipinski definition) is 2. The fraction of sp³-hybridized carbons (Fsp3) is 0.167. The average molecular weight is 398 g/mol. The van der Waals surface area contributed by atoms with E-state index >= 15 is 0 Å². The van der Waals surface area contributed by atoms with Crippen molar-refractivity contribution in [1.29, 1.82) is 0 Å². The predicted molar refractivity (Wildman–Crippen MR) is 108 cm³/mol. The van der Waals surface area contributed by atoms with Gasteiger partial charge in [-0.05, 0) is 36.4 Å². The fourth-order valence-corrected chi connectivity index (χ4v) is 3.62. The SMILES string of the molecule is Cn1c(=O)c2ccccc2n2c(CNc3ccc(NS(C)(=O)=O)cc3)nnc12. The quantitative estimate of drug-likeness (QED) is 0.528. The second kappa shape index (κ2) is 6.64. The second-order valence-electron chi connectivity index (χ2n) is 6.44. The molecule has 10 heteroatoms. The smallest absolute Gasteiger partial charge is 0.262 e. The van der Waals surface area contributed by atoms with Crippen LogP contribution in [-0.4, -0.2) is 33.8 Å². The molecule has 0 spiro atoms. The molecule has 0 radical (unpaired) electrons. The lowest BCUT2D eigenvalue weighted by atomic mass is 10.2. The number of rotatable bonds is 5. The van der Waals surface area contributed by atoms with Crippen molar-refractivity contribution in [3.8, 4) is 0 Å². The summed E-state index contributed by atoms with van der Waals surface area (Å²) in [7, 11) is -1.64. The first-order valence-electron chi connectivity index (χ1n) is 8.47. The van der Waals surface area contributed by atoms with Crippen LogP contribution < -0.4 is 15.6 Å². The van der Waals surface area contributed by atoms with Gasteiger partial charge in [-0.2, -0.15) is 0 Å². The predicted octanol–water partition coefficient (Wildman–Crippen LogP) is 1.56. The Morgan fingerprint density at radius 2 is 1.68 bits per heavy atom. The summed E-state index contributed by atoms with van der Waals surface area (Å²) in [4.78, 5) is 12.5. The van der Waals surface area contributed by atoms with Crippen LogP contribution in [0.4, 0.5) is 11.4 Å². The molecule has 2 aromatic carbocycles. The van der Waals surface area contributed by atoms with Crippen LogP contribution in [0.1, 0.15) is 5.82 Å². The average Bonchev–Trinajstić information content (AvgIpc) is 3.09. The molecule has 144 valence electrons. The molecule has 0 fully saturated rings. The van der Waals surface area contributed by atoms with Gasteiger partial charge in [0.15, 0.2) is 5.82 Å². The zero-order valence-electron chi connectivity index (χ0n) is 15.2. The Bertz CT molecular complexity index is 1340. The van der Waals surface area contributed by atoms with Gasteiger partial charge in [0.25, 0.3) is 5.56 Å². The summed E-state index contributed by atoms with van der Waals surface area (Å²) in [5.74, 6) is 1.12. The lowest BCUT2D eigenvalue weighted by molar-refractivity contribution is 0.607. The number of aryl methyl sites for hydroxylation is 1. The Balaban J connectivity index is 1.65. The van der Waals surface area contributed by atoms with Gasteiger partial charge in [-0.25, -0.2) is 8.42 Å². The Labute approximate surface area is 160 Å². The van der Waals surface area contributed by atoms with Crippen LogP contribution in [-0.2, 0) is 23.6 Å². The third kappa shape index (κ3) is 3.29. The molecule has 0 saturated heterocycles. The van der Waals surface area contributed by atoms with Gasteiger partial charge in [-0.1, -0.05) is 12.1 Å². The second-order valence-corrected chi connectivity index (χ2v) is 8.19. The number of benzene rings is 2. The molecule has 28 heavy (non-hydrogen) atoms. The molecule has 0 aliphatic heterocycles. The van der Waals surface area contributed by atoms with Crippen molar-refractivity contribution in [3.63, 3.8) is 0 Å². The topological polar surface area (TPSA) is 110 Å². The van der Waals surface area contributed by atoms with Gasteiger partial charge in [-0.15, -0.1) is 10.2 Å². The van der Waals surface area contributed by atoms with Crippen LogP contribution in [0.25, 0.3) is 16.7 Å². The van der Waals surface area contributed by atoms with Crippen LogP contribution in [0.5, 0.6) is 0 Å².